The average Bonchev–Trinajstić information content (AvgIpc) is 2.91. The smallest absolute Gasteiger partial charge is 0.180 e. The van der Waals surface area contributed by atoms with Gasteiger partial charge in [-0.05, 0) is 17.7 Å². The van der Waals surface area contributed by atoms with Crippen molar-refractivity contribution in [3.05, 3.63) is 59.7 Å². The zero-order valence-electron chi connectivity index (χ0n) is 11.0. The molecule has 0 saturated carbocycles. The Bertz CT molecular complexity index is 780. The monoisotopic (exact) mass is 263 g/mol. The van der Waals surface area contributed by atoms with Crippen LogP contribution in [0.15, 0.2) is 42.9 Å². The molecule has 0 atom stereocenters. The number of rotatable bonds is 3. The van der Waals surface area contributed by atoms with Gasteiger partial charge in [-0.25, -0.2) is 9.97 Å². The summed E-state index contributed by atoms with van der Waals surface area (Å²) in [6.07, 6.45) is 6.28. The van der Waals surface area contributed by atoms with Crippen LogP contribution in [0.25, 0.3) is 5.65 Å². The molecule has 0 radical (unpaired) electrons. The van der Waals surface area contributed by atoms with E-state index in [4.69, 9.17) is 5.26 Å². The van der Waals surface area contributed by atoms with Crippen LogP contribution in [0.4, 0.5) is 5.82 Å². The Labute approximate surface area is 116 Å². The fourth-order valence-corrected chi connectivity index (χ4v) is 2.18. The summed E-state index contributed by atoms with van der Waals surface area (Å²) in [5.41, 5.74) is 3.73. The maximum Gasteiger partial charge on any atom is 0.180 e. The van der Waals surface area contributed by atoms with E-state index in [-0.39, 0.29) is 0 Å². The van der Waals surface area contributed by atoms with Gasteiger partial charge in [-0.3, -0.25) is 4.40 Å². The molecule has 2 heterocycles. The first-order valence-electron chi connectivity index (χ1n) is 6.29. The van der Waals surface area contributed by atoms with Crippen molar-refractivity contribution in [1.29, 1.82) is 5.26 Å². The van der Waals surface area contributed by atoms with E-state index in [0.717, 1.165) is 29.1 Å². The van der Waals surface area contributed by atoms with E-state index in [9.17, 15) is 0 Å². The molecule has 0 fully saturated rings. The maximum absolute atomic E-state index is 8.81. The highest BCUT2D eigenvalue weighted by Crippen LogP contribution is 2.16. The van der Waals surface area contributed by atoms with Gasteiger partial charge in [0.1, 0.15) is 0 Å². The van der Waals surface area contributed by atoms with Gasteiger partial charge in [-0.15, -0.1) is 0 Å². The minimum Gasteiger partial charge on any atom is -0.370 e. The Morgan fingerprint density at radius 3 is 2.75 bits per heavy atom. The van der Waals surface area contributed by atoms with Crippen LogP contribution in [0.5, 0.6) is 0 Å². The van der Waals surface area contributed by atoms with Gasteiger partial charge in [0.25, 0.3) is 0 Å². The second kappa shape index (κ2) is 5.02. The summed E-state index contributed by atoms with van der Waals surface area (Å²) in [6, 6.07) is 9.73. The van der Waals surface area contributed by atoms with Crippen LogP contribution in [-0.4, -0.2) is 21.4 Å². The molecule has 0 saturated heterocycles. The van der Waals surface area contributed by atoms with Crippen molar-refractivity contribution in [2.45, 2.75) is 6.42 Å². The van der Waals surface area contributed by atoms with Gasteiger partial charge in [0.05, 0.1) is 11.6 Å². The van der Waals surface area contributed by atoms with E-state index in [1.165, 1.54) is 0 Å². The quantitative estimate of drug-likeness (QED) is 0.787. The standard InChI is InChI=1S/C15H13N5/c1-17-14-15-19-10-13(20(15)7-6-18-14)8-11-2-4-12(9-16)5-3-11/h2-7,10H,8H2,1H3,(H,17,18). The van der Waals surface area contributed by atoms with E-state index in [1.807, 2.05) is 48.1 Å². The number of benzene rings is 1. The summed E-state index contributed by atoms with van der Waals surface area (Å²) in [5.74, 6) is 0.763. The van der Waals surface area contributed by atoms with Gasteiger partial charge in [0.15, 0.2) is 11.5 Å². The van der Waals surface area contributed by atoms with Gasteiger partial charge >= 0.3 is 0 Å². The first kappa shape index (κ1) is 12.2. The predicted molar refractivity (Wildman–Crippen MR) is 76.5 cm³/mol. The summed E-state index contributed by atoms with van der Waals surface area (Å²) in [5, 5.41) is 11.8. The van der Waals surface area contributed by atoms with Crippen LogP contribution in [0.1, 0.15) is 16.8 Å². The Hall–Kier alpha value is -2.87. The fourth-order valence-electron chi connectivity index (χ4n) is 2.18. The third kappa shape index (κ3) is 2.08. The Balaban J connectivity index is 1.96. The largest absolute Gasteiger partial charge is 0.370 e. The molecular weight excluding hydrogens is 250 g/mol. The summed E-state index contributed by atoms with van der Waals surface area (Å²) >= 11 is 0. The summed E-state index contributed by atoms with van der Waals surface area (Å²) in [6.45, 7) is 0. The summed E-state index contributed by atoms with van der Waals surface area (Å²) in [7, 11) is 1.83. The molecule has 0 aliphatic heterocycles. The first-order chi connectivity index (χ1) is 9.81. The minimum absolute atomic E-state index is 0.675. The predicted octanol–water partition coefficient (Wildman–Crippen LogP) is 2.23. The Morgan fingerprint density at radius 2 is 2.05 bits per heavy atom. The number of nitriles is 1. The third-order valence-electron chi connectivity index (χ3n) is 3.21. The lowest BCUT2D eigenvalue weighted by Crippen LogP contribution is -1.99. The normalized spacial score (nSPS) is 10.4. The molecule has 0 amide bonds. The highest BCUT2D eigenvalue weighted by atomic mass is 15.1. The molecule has 2 aromatic heterocycles. The van der Waals surface area contributed by atoms with Crippen molar-refractivity contribution in [1.82, 2.24) is 14.4 Å². The molecule has 1 N–H and O–H groups in total. The van der Waals surface area contributed by atoms with E-state index < -0.39 is 0 Å². The minimum atomic E-state index is 0.675. The number of aromatic nitrogens is 3. The van der Waals surface area contributed by atoms with Crippen LogP contribution < -0.4 is 5.32 Å². The Kier molecular flexibility index (Phi) is 3.05. The topological polar surface area (TPSA) is 66.0 Å². The zero-order chi connectivity index (χ0) is 13.9. The molecule has 0 spiro atoms. The van der Waals surface area contributed by atoms with Gasteiger partial charge in [0, 0.05) is 37.8 Å². The first-order valence-corrected chi connectivity index (χ1v) is 6.29. The van der Waals surface area contributed by atoms with Crippen LogP contribution >= 0.6 is 0 Å². The number of imidazole rings is 1. The lowest BCUT2D eigenvalue weighted by atomic mass is 10.1. The van der Waals surface area contributed by atoms with Crippen molar-refractivity contribution in [3.8, 4) is 6.07 Å². The van der Waals surface area contributed by atoms with Crippen LogP contribution in [0.2, 0.25) is 0 Å². The zero-order valence-corrected chi connectivity index (χ0v) is 11.0. The Morgan fingerprint density at radius 1 is 1.25 bits per heavy atom. The second-order valence-corrected chi connectivity index (χ2v) is 4.45. The molecule has 0 unspecified atom stereocenters. The molecule has 3 rings (SSSR count). The number of hydrogen-bond donors (Lipinski definition) is 1. The molecule has 98 valence electrons. The van der Waals surface area contributed by atoms with E-state index >= 15 is 0 Å². The van der Waals surface area contributed by atoms with Gasteiger partial charge < -0.3 is 5.32 Å². The number of nitrogens with one attached hydrogen (secondary N) is 1. The molecule has 0 aliphatic carbocycles. The van der Waals surface area contributed by atoms with Crippen LogP contribution in [0.3, 0.4) is 0 Å². The summed E-state index contributed by atoms with van der Waals surface area (Å²) < 4.78 is 2.02. The van der Waals surface area contributed by atoms with Crippen molar-refractivity contribution in [3.63, 3.8) is 0 Å². The molecule has 5 heteroatoms. The SMILES string of the molecule is CNc1nccn2c(Cc3ccc(C#N)cc3)cnc12. The van der Waals surface area contributed by atoms with Crippen molar-refractivity contribution in [2.75, 3.05) is 12.4 Å². The van der Waals surface area contributed by atoms with Crippen molar-refractivity contribution >= 4 is 11.5 Å². The molecule has 1 aromatic carbocycles. The van der Waals surface area contributed by atoms with Crippen molar-refractivity contribution < 1.29 is 0 Å². The number of hydrogen-bond acceptors (Lipinski definition) is 4. The average molecular weight is 263 g/mol. The number of nitrogens with zero attached hydrogens (tertiary/aromatic N) is 4. The fraction of sp³-hybridized carbons (Fsp3) is 0.133. The number of fused-ring (bicyclic) bond motifs is 1. The van der Waals surface area contributed by atoms with E-state index in [2.05, 4.69) is 21.4 Å². The third-order valence-corrected chi connectivity index (χ3v) is 3.21. The molecule has 20 heavy (non-hydrogen) atoms. The van der Waals surface area contributed by atoms with Crippen LogP contribution in [0, 0.1) is 11.3 Å². The molecule has 5 nitrogen and oxygen atoms in total. The number of anilines is 1. The van der Waals surface area contributed by atoms with Gasteiger partial charge in [-0.2, -0.15) is 5.26 Å². The maximum atomic E-state index is 8.81. The lowest BCUT2D eigenvalue weighted by Gasteiger charge is -2.04. The van der Waals surface area contributed by atoms with E-state index in [0.29, 0.717) is 5.56 Å². The highest BCUT2D eigenvalue weighted by Gasteiger charge is 2.08. The molecule has 3 aromatic rings. The highest BCUT2D eigenvalue weighted by molar-refractivity contribution is 5.62. The second-order valence-electron chi connectivity index (χ2n) is 4.45. The molecule has 0 bridgehead atoms. The van der Waals surface area contributed by atoms with Gasteiger partial charge in [-0.1, -0.05) is 12.1 Å². The lowest BCUT2D eigenvalue weighted by molar-refractivity contribution is 1.01. The van der Waals surface area contributed by atoms with Gasteiger partial charge in [0.2, 0.25) is 0 Å². The van der Waals surface area contributed by atoms with E-state index in [1.54, 1.807) is 6.20 Å². The summed E-state index contributed by atoms with van der Waals surface area (Å²) in [4.78, 5) is 8.64. The molecule has 0 aliphatic rings. The molecular formula is C15H13N5. The van der Waals surface area contributed by atoms with Crippen LogP contribution in [-0.2, 0) is 6.42 Å². The van der Waals surface area contributed by atoms with Crippen molar-refractivity contribution in [2.24, 2.45) is 0 Å².